The molecule has 4 aliphatic rings. The highest BCUT2D eigenvalue weighted by molar-refractivity contribution is 9.10. The minimum absolute atomic E-state index is 0.280. The highest BCUT2D eigenvalue weighted by Gasteiger charge is 2.40. The zero-order valence-electron chi connectivity index (χ0n) is 20.5. The molecular formula is C27H35BrF2N4O. The van der Waals surface area contributed by atoms with E-state index < -0.39 is 13.0 Å². The largest absolute Gasteiger partial charge is 0.484 e. The molecule has 35 heavy (non-hydrogen) atoms. The zero-order valence-corrected chi connectivity index (χ0v) is 22.1. The van der Waals surface area contributed by atoms with E-state index in [4.69, 9.17) is 14.7 Å². The zero-order chi connectivity index (χ0) is 24.2. The maximum atomic E-state index is 13.2. The molecule has 2 saturated carbocycles. The van der Waals surface area contributed by atoms with Gasteiger partial charge in [0, 0.05) is 24.4 Å². The minimum atomic E-state index is -2.53. The van der Waals surface area contributed by atoms with E-state index in [1.54, 1.807) is 0 Å². The van der Waals surface area contributed by atoms with Crippen molar-refractivity contribution in [1.82, 2.24) is 14.9 Å². The van der Waals surface area contributed by atoms with Crippen molar-refractivity contribution < 1.29 is 13.5 Å². The van der Waals surface area contributed by atoms with Crippen molar-refractivity contribution in [2.24, 2.45) is 5.41 Å². The number of hydrogen-bond acceptors (Lipinski definition) is 5. The summed E-state index contributed by atoms with van der Waals surface area (Å²) < 4.78 is 33.0. The number of hydrogen-bond donors (Lipinski definition) is 0. The van der Waals surface area contributed by atoms with Crippen molar-refractivity contribution in [3.05, 3.63) is 21.9 Å². The molecule has 0 radical (unpaired) electrons. The lowest BCUT2D eigenvalue weighted by molar-refractivity contribution is 0.0821. The second-order valence-corrected chi connectivity index (χ2v) is 12.1. The lowest BCUT2D eigenvalue weighted by Crippen LogP contribution is -2.44. The van der Waals surface area contributed by atoms with E-state index in [2.05, 4.69) is 38.8 Å². The Labute approximate surface area is 214 Å². The van der Waals surface area contributed by atoms with E-state index in [0.717, 1.165) is 78.9 Å². The third-order valence-corrected chi connectivity index (χ3v) is 9.72. The van der Waals surface area contributed by atoms with Gasteiger partial charge in [0.2, 0.25) is 0 Å². The van der Waals surface area contributed by atoms with E-state index in [-0.39, 0.29) is 5.92 Å². The number of likely N-dealkylation sites (tertiary alicyclic amines) is 1. The van der Waals surface area contributed by atoms with Crippen molar-refractivity contribution in [2.45, 2.75) is 76.0 Å². The number of halogens is 3. The van der Waals surface area contributed by atoms with E-state index in [1.807, 2.05) is 0 Å². The van der Waals surface area contributed by atoms with Crippen LogP contribution < -0.4 is 9.64 Å². The minimum Gasteiger partial charge on any atom is -0.484 e. The number of alkyl halides is 2. The third-order valence-electron chi connectivity index (χ3n) is 8.90. The number of anilines is 1. The molecule has 1 aromatic heterocycles. The number of piperidine rings is 2. The Morgan fingerprint density at radius 3 is 2.34 bits per heavy atom. The Morgan fingerprint density at radius 2 is 1.74 bits per heavy atom. The van der Waals surface area contributed by atoms with Crippen LogP contribution in [0.2, 0.25) is 0 Å². The Morgan fingerprint density at radius 1 is 1.03 bits per heavy atom. The molecule has 2 aliphatic carbocycles. The van der Waals surface area contributed by atoms with Crippen LogP contribution in [-0.2, 0) is 0 Å². The normalized spacial score (nSPS) is 23.3. The fraction of sp³-hybridized carbons (Fsp3) is 0.704. The van der Waals surface area contributed by atoms with Crippen LogP contribution in [0.3, 0.4) is 0 Å². The van der Waals surface area contributed by atoms with Gasteiger partial charge in [-0.3, -0.25) is 0 Å². The molecule has 1 aromatic carbocycles. The van der Waals surface area contributed by atoms with E-state index in [1.165, 1.54) is 32.1 Å². The molecule has 2 aliphatic heterocycles. The molecule has 0 unspecified atom stereocenters. The number of nitrogens with zero attached hydrogens (tertiary/aromatic N) is 4. The predicted molar refractivity (Wildman–Crippen MR) is 138 cm³/mol. The fourth-order valence-electron chi connectivity index (χ4n) is 6.26. The lowest BCUT2D eigenvalue weighted by Gasteiger charge is -2.48. The average molecular weight is 550 g/mol. The summed E-state index contributed by atoms with van der Waals surface area (Å²) >= 11 is 3.72. The topological polar surface area (TPSA) is 41.5 Å². The van der Waals surface area contributed by atoms with Crippen LogP contribution in [0.15, 0.2) is 10.5 Å². The van der Waals surface area contributed by atoms with Gasteiger partial charge in [-0.25, -0.2) is 18.7 Å². The van der Waals surface area contributed by atoms with Gasteiger partial charge in [-0.15, -0.1) is 0 Å². The number of benzene rings is 1. The van der Waals surface area contributed by atoms with Crippen LogP contribution in [0.4, 0.5) is 14.6 Å². The van der Waals surface area contributed by atoms with Crippen LogP contribution in [-0.4, -0.2) is 61.1 Å². The highest BCUT2D eigenvalue weighted by atomic mass is 79.9. The summed E-state index contributed by atoms with van der Waals surface area (Å²) in [7, 11) is 2.15. The molecule has 4 fully saturated rings. The summed E-state index contributed by atoms with van der Waals surface area (Å²) in [6.45, 7) is 3.42. The molecule has 8 heteroatoms. The molecule has 0 atom stereocenters. The molecule has 6 rings (SSSR count). The Hall–Kier alpha value is -1.54. The monoisotopic (exact) mass is 548 g/mol. The Bertz CT molecular complexity index is 1090. The molecule has 1 spiro atoms. The van der Waals surface area contributed by atoms with Gasteiger partial charge >= 0.3 is 0 Å². The van der Waals surface area contributed by atoms with Gasteiger partial charge < -0.3 is 14.5 Å². The number of rotatable bonds is 6. The standard InChI is InChI=1S/C27H35BrF2N4O/c1-33-11-5-18(6-12-33)25-31-23-20(26(32-25)34-13-9-27(10-14-34)7-2-8-27)15-19(17-3-4-17)22(28)24(23)35-16-21(29)30/h15,17-18,21H,2-14,16H2,1H3. The van der Waals surface area contributed by atoms with Gasteiger partial charge in [0.15, 0.2) is 5.75 Å². The van der Waals surface area contributed by atoms with Gasteiger partial charge in [0.25, 0.3) is 6.43 Å². The number of fused-ring (bicyclic) bond motifs is 1. The van der Waals surface area contributed by atoms with Gasteiger partial charge in [-0.1, -0.05) is 6.42 Å². The molecule has 0 N–H and O–H groups in total. The Balaban J connectivity index is 1.46. The lowest BCUT2D eigenvalue weighted by atomic mass is 9.63. The van der Waals surface area contributed by atoms with Crippen molar-refractivity contribution in [1.29, 1.82) is 0 Å². The second kappa shape index (κ2) is 9.40. The van der Waals surface area contributed by atoms with Gasteiger partial charge in [0.1, 0.15) is 23.8 Å². The molecule has 0 amide bonds. The van der Waals surface area contributed by atoms with Crippen LogP contribution in [0, 0.1) is 5.41 Å². The van der Waals surface area contributed by atoms with Gasteiger partial charge in [-0.2, -0.15) is 0 Å². The Kier molecular flexibility index (Phi) is 6.40. The molecule has 190 valence electrons. The summed E-state index contributed by atoms with van der Waals surface area (Å²) in [5.41, 5.74) is 2.38. The quantitative estimate of drug-likeness (QED) is 0.412. The maximum absolute atomic E-state index is 13.2. The molecule has 5 nitrogen and oxygen atoms in total. The summed E-state index contributed by atoms with van der Waals surface area (Å²) in [5.74, 6) is 3.02. The van der Waals surface area contributed by atoms with E-state index in [0.29, 0.717) is 22.6 Å². The summed E-state index contributed by atoms with van der Waals surface area (Å²) in [4.78, 5) is 15.0. The third kappa shape index (κ3) is 4.65. The van der Waals surface area contributed by atoms with Gasteiger partial charge in [0.05, 0.1) is 4.47 Å². The van der Waals surface area contributed by atoms with Crippen LogP contribution in [0.25, 0.3) is 10.9 Å². The van der Waals surface area contributed by atoms with Crippen LogP contribution in [0.1, 0.15) is 81.0 Å². The van der Waals surface area contributed by atoms with E-state index >= 15 is 0 Å². The van der Waals surface area contributed by atoms with Crippen molar-refractivity contribution in [2.75, 3.05) is 44.7 Å². The maximum Gasteiger partial charge on any atom is 0.272 e. The summed E-state index contributed by atoms with van der Waals surface area (Å²) in [6.07, 6.45) is 8.23. The molecule has 2 aromatic rings. The predicted octanol–water partition coefficient (Wildman–Crippen LogP) is 6.49. The first kappa shape index (κ1) is 23.8. The van der Waals surface area contributed by atoms with Crippen LogP contribution >= 0.6 is 15.9 Å². The SMILES string of the molecule is CN1CCC(c2nc(N3CCC4(CCC4)CC3)c3cc(C4CC4)c(Br)c(OCC(F)F)c3n2)CC1. The van der Waals surface area contributed by atoms with Crippen molar-refractivity contribution in [3.63, 3.8) is 0 Å². The van der Waals surface area contributed by atoms with Crippen LogP contribution in [0.5, 0.6) is 5.75 Å². The summed E-state index contributed by atoms with van der Waals surface area (Å²) in [6, 6.07) is 2.22. The molecular weight excluding hydrogens is 514 g/mol. The summed E-state index contributed by atoms with van der Waals surface area (Å²) in [5, 5.41) is 0.959. The molecule has 3 heterocycles. The smallest absolute Gasteiger partial charge is 0.272 e. The average Bonchev–Trinajstić information content (AvgIpc) is 3.67. The van der Waals surface area contributed by atoms with E-state index in [9.17, 15) is 8.78 Å². The van der Waals surface area contributed by atoms with Gasteiger partial charge in [-0.05, 0) is 110 Å². The fourth-order valence-corrected chi connectivity index (χ4v) is 7.00. The second-order valence-electron chi connectivity index (χ2n) is 11.3. The molecule has 2 saturated heterocycles. The molecule has 0 bridgehead atoms. The highest BCUT2D eigenvalue weighted by Crippen LogP contribution is 2.52. The first-order chi connectivity index (χ1) is 16.9. The number of aromatic nitrogens is 2. The first-order valence-electron chi connectivity index (χ1n) is 13.3. The van der Waals surface area contributed by atoms with Crippen molar-refractivity contribution in [3.8, 4) is 5.75 Å². The first-order valence-corrected chi connectivity index (χ1v) is 14.1. The number of ether oxygens (including phenoxy) is 1. The van der Waals surface area contributed by atoms with Crippen molar-refractivity contribution >= 4 is 32.7 Å².